The van der Waals surface area contributed by atoms with Crippen LogP contribution in [0.4, 0.5) is 13.2 Å². The van der Waals surface area contributed by atoms with Gasteiger partial charge in [0, 0.05) is 11.2 Å². The van der Waals surface area contributed by atoms with Gasteiger partial charge in [-0.2, -0.15) is 13.2 Å². The summed E-state index contributed by atoms with van der Waals surface area (Å²) in [6, 6.07) is 4.99. The highest BCUT2D eigenvalue weighted by molar-refractivity contribution is 9.09. The molecule has 0 saturated carbocycles. The van der Waals surface area contributed by atoms with Crippen molar-refractivity contribution in [2.24, 2.45) is 5.92 Å². The number of ether oxygens (including phenoxy) is 1. The molecule has 0 heterocycles. The molecule has 1 aromatic carbocycles. The molecule has 0 bridgehead atoms. The van der Waals surface area contributed by atoms with E-state index in [1.807, 2.05) is 0 Å². The van der Waals surface area contributed by atoms with Gasteiger partial charge in [-0.3, -0.25) is 0 Å². The molecule has 0 spiro atoms. The van der Waals surface area contributed by atoms with Crippen molar-refractivity contribution in [3.8, 4) is 5.75 Å². The number of hydrogen-bond acceptors (Lipinski definition) is 1. The van der Waals surface area contributed by atoms with Crippen molar-refractivity contribution in [1.29, 1.82) is 0 Å². The molecule has 5 heteroatoms. The molecular weight excluding hydrogens is 309 g/mol. The highest BCUT2D eigenvalue weighted by Gasteiger charge is 2.30. The summed E-state index contributed by atoms with van der Waals surface area (Å²) >= 11 is 3.38. The Hall–Kier alpha value is -0.710. The van der Waals surface area contributed by atoms with Crippen LogP contribution in [0.1, 0.15) is 25.3 Å². The minimum atomic E-state index is -4.32. The van der Waals surface area contributed by atoms with Crippen LogP contribution in [0, 0.1) is 5.92 Å². The molecule has 1 unspecified atom stereocenters. The normalized spacial score (nSPS) is 13.4. The van der Waals surface area contributed by atoms with Crippen LogP contribution in [0.15, 0.2) is 24.3 Å². The Balaban J connectivity index is 2.62. The summed E-state index contributed by atoms with van der Waals surface area (Å²) in [7, 11) is 0. The predicted octanol–water partition coefficient (Wildman–Crippen LogP) is 4.90. The van der Waals surface area contributed by atoms with Crippen molar-refractivity contribution in [2.45, 2.75) is 25.9 Å². The van der Waals surface area contributed by atoms with Gasteiger partial charge in [0.2, 0.25) is 0 Å². The van der Waals surface area contributed by atoms with Gasteiger partial charge >= 0.3 is 6.18 Å². The van der Waals surface area contributed by atoms with Gasteiger partial charge in [-0.05, 0) is 24.6 Å². The molecule has 0 radical (unpaired) electrons. The maximum Gasteiger partial charge on any atom is 0.416 e. The Morgan fingerprint density at radius 2 is 2.06 bits per heavy atom. The van der Waals surface area contributed by atoms with Crippen LogP contribution in [-0.2, 0) is 6.18 Å². The molecule has 0 aliphatic rings. The summed E-state index contributed by atoms with van der Waals surface area (Å²) in [4.78, 5) is 0. The molecule has 1 aromatic rings. The average molecular weight is 325 g/mol. The molecule has 0 saturated heterocycles. The third kappa shape index (κ3) is 4.88. The van der Waals surface area contributed by atoms with E-state index in [2.05, 4.69) is 22.9 Å². The van der Waals surface area contributed by atoms with E-state index in [1.54, 1.807) is 6.07 Å². The summed E-state index contributed by atoms with van der Waals surface area (Å²) in [5, 5.41) is 0.791. The molecule has 18 heavy (non-hydrogen) atoms. The molecule has 1 nitrogen and oxygen atoms in total. The SMILES string of the molecule is CCCC(CBr)COc1cccc(C(F)(F)F)c1. The van der Waals surface area contributed by atoms with Crippen molar-refractivity contribution in [1.82, 2.24) is 0 Å². The van der Waals surface area contributed by atoms with E-state index in [0.29, 0.717) is 12.5 Å². The van der Waals surface area contributed by atoms with Crippen LogP contribution in [0.3, 0.4) is 0 Å². The Bertz CT molecular complexity index is 365. The fourth-order valence-corrected chi connectivity index (χ4v) is 2.10. The molecule has 1 atom stereocenters. The van der Waals surface area contributed by atoms with Crippen molar-refractivity contribution < 1.29 is 17.9 Å². The molecule has 1 rings (SSSR count). The van der Waals surface area contributed by atoms with E-state index < -0.39 is 11.7 Å². The topological polar surface area (TPSA) is 9.23 Å². The Morgan fingerprint density at radius 1 is 1.33 bits per heavy atom. The van der Waals surface area contributed by atoms with Gasteiger partial charge in [0.25, 0.3) is 0 Å². The number of hydrogen-bond donors (Lipinski definition) is 0. The van der Waals surface area contributed by atoms with Crippen LogP contribution in [0.2, 0.25) is 0 Å². The van der Waals surface area contributed by atoms with Crippen molar-refractivity contribution >= 4 is 15.9 Å². The zero-order valence-corrected chi connectivity index (χ0v) is 11.7. The molecule has 0 aromatic heterocycles. The summed E-state index contributed by atoms with van der Waals surface area (Å²) in [5.41, 5.74) is -0.675. The van der Waals surface area contributed by atoms with E-state index >= 15 is 0 Å². The van der Waals surface area contributed by atoms with Gasteiger partial charge in [0.15, 0.2) is 0 Å². The second-order valence-corrected chi connectivity index (χ2v) is 4.79. The van der Waals surface area contributed by atoms with E-state index in [9.17, 15) is 13.2 Å². The lowest BCUT2D eigenvalue weighted by Gasteiger charge is -2.15. The molecule has 0 amide bonds. The number of halogens is 4. The Labute approximate surface area is 113 Å². The zero-order valence-electron chi connectivity index (χ0n) is 10.1. The third-order valence-corrected chi connectivity index (χ3v) is 3.48. The number of alkyl halides is 4. The lowest BCUT2D eigenvalue weighted by molar-refractivity contribution is -0.137. The van der Waals surface area contributed by atoms with Crippen LogP contribution in [-0.4, -0.2) is 11.9 Å². The summed E-state index contributed by atoms with van der Waals surface area (Å²) < 4.78 is 42.9. The quantitative estimate of drug-likeness (QED) is 0.676. The first-order valence-electron chi connectivity index (χ1n) is 5.83. The van der Waals surface area contributed by atoms with Crippen LogP contribution >= 0.6 is 15.9 Å². The van der Waals surface area contributed by atoms with E-state index in [0.717, 1.165) is 30.3 Å². The van der Waals surface area contributed by atoms with Gasteiger partial charge < -0.3 is 4.74 Å². The van der Waals surface area contributed by atoms with Crippen molar-refractivity contribution in [3.63, 3.8) is 0 Å². The van der Waals surface area contributed by atoms with Crippen LogP contribution in [0.5, 0.6) is 5.75 Å². The largest absolute Gasteiger partial charge is 0.493 e. The minimum Gasteiger partial charge on any atom is -0.493 e. The number of rotatable bonds is 6. The lowest BCUT2D eigenvalue weighted by Crippen LogP contribution is -2.13. The molecular formula is C13H16BrF3O. The number of benzene rings is 1. The Kier molecular flexibility index (Phi) is 5.99. The van der Waals surface area contributed by atoms with Gasteiger partial charge in [-0.15, -0.1) is 0 Å². The average Bonchev–Trinajstić information content (AvgIpc) is 2.34. The second kappa shape index (κ2) is 7.02. The van der Waals surface area contributed by atoms with E-state index in [4.69, 9.17) is 4.74 Å². The smallest absolute Gasteiger partial charge is 0.416 e. The Morgan fingerprint density at radius 3 is 2.61 bits per heavy atom. The third-order valence-electron chi connectivity index (χ3n) is 2.56. The summed E-state index contributed by atoms with van der Waals surface area (Å²) in [5.74, 6) is 0.594. The molecule has 0 fully saturated rings. The van der Waals surface area contributed by atoms with E-state index in [1.165, 1.54) is 6.07 Å². The highest BCUT2D eigenvalue weighted by atomic mass is 79.9. The van der Waals surface area contributed by atoms with Crippen molar-refractivity contribution in [2.75, 3.05) is 11.9 Å². The molecule has 102 valence electrons. The lowest BCUT2D eigenvalue weighted by atomic mass is 10.1. The van der Waals surface area contributed by atoms with Gasteiger partial charge in [-0.1, -0.05) is 35.3 Å². The van der Waals surface area contributed by atoms with Gasteiger partial charge in [-0.25, -0.2) is 0 Å². The first-order chi connectivity index (χ1) is 8.47. The minimum absolute atomic E-state index is 0.270. The molecule has 0 aliphatic heterocycles. The molecule has 0 aliphatic carbocycles. The van der Waals surface area contributed by atoms with E-state index in [-0.39, 0.29) is 5.75 Å². The van der Waals surface area contributed by atoms with Crippen LogP contribution in [0.25, 0.3) is 0 Å². The first-order valence-corrected chi connectivity index (χ1v) is 6.95. The standard InChI is InChI=1S/C13H16BrF3O/c1-2-4-10(8-14)9-18-12-6-3-5-11(7-12)13(15,16)17/h3,5-7,10H,2,4,8-9H2,1H3. The summed E-state index contributed by atoms with van der Waals surface area (Å²) in [6.07, 6.45) is -2.30. The first kappa shape index (κ1) is 15.3. The van der Waals surface area contributed by atoms with Gasteiger partial charge in [0.1, 0.15) is 5.75 Å². The second-order valence-electron chi connectivity index (χ2n) is 4.15. The fraction of sp³-hybridized carbons (Fsp3) is 0.538. The maximum atomic E-state index is 12.5. The molecule has 0 N–H and O–H groups in total. The van der Waals surface area contributed by atoms with Crippen LogP contribution < -0.4 is 4.74 Å². The highest BCUT2D eigenvalue weighted by Crippen LogP contribution is 2.31. The zero-order chi connectivity index (χ0) is 13.6. The summed E-state index contributed by atoms with van der Waals surface area (Å²) in [6.45, 7) is 2.50. The van der Waals surface area contributed by atoms with Crippen molar-refractivity contribution in [3.05, 3.63) is 29.8 Å². The monoisotopic (exact) mass is 324 g/mol. The fourth-order valence-electron chi connectivity index (χ4n) is 1.59. The maximum absolute atomic E-state index is 12.5. The predicted molar refractivity (Wildman–Crippen MR) is 69.1 cm³/mol. The van der Waals surface area contributed by atoms with Gasteiger partial charge in [0.05, 0.1) is 12.2 Å².